The molecule has 0 fully saturated rings. The molecule has 2 aromatic rings. The maximum absolute atomic E-state index is 13.3. The lowest BCUT2D eigenvalue weighted by atomic mass is 10.1. The van der Waals surface area contributed by atoms with Crippen LogP contribution in [0.15, 0.2) is 24.3 Å². The van der Waals surface area contributed by atoms with Crippen molar-refractivity contribution >= 4 is 33.8 Å². The molecule has 0 unspecified atom stereocenters. The molecule has 158 valence electrons. The van der Waals surface area contributed by atoms with Gasteiger partial charge in [-0.1, -0.05) is 12.5 Å². The first-order chi connectivity index (χ1) is 14.4. The summed E-state index contributed by atoms with van der Waals surface area (Å²) in [7, 11) is 1.67. The highest BCUT2D eigenvalue weighted by Gasteiger charge is 2.25. The van der Waals surface area contributed by atoms with Crippen LogP contribution in [0.1, 0.15) is 42.2 Å². The van der Waals surface area contributed by atoms with Gasteiger partial charge in [-0.25, -0.2) is 4.39 Å². The largest absolute Gasteiger partial charge is 0.325 e. The van der Waals surface area contributed by atoms with Gasteiger partial charge in [-0.2, -0.15) is 5.26 Å². The second-order valence-electron chi connectivity index (χ2n) is 7.52. The van der Waals surface area contributed by atoms with Gasteiger partial charge in [0.1, 0.15) is 16.9 Å². The summed E-state index contributed by atoms with van der Waals surface area (Å²) in [4.78, 5) is 27.8. The average Bonchev–Trinajstić information content (AvgIpc) is 2.86. The van der Waals surface area contributed by atoms with Gasteiger partial charge in [0.25, 0.3) is 0 Å². The predicted molar refractivity (Wildman–Crippen MR) is 116 cm³/mol. The molecular weight excluding hydrogens is 403 g/mol. The summed E-state index contributed by atoms with van der Waals surface area (Å²) in [6.07, 6.45) is 5.14. The Balaban J connectivity index is 1.61. The molecule has 0 spiro atoms. The molecule has 1 heterocycles. The Hall–Kier alpha value is -2.76. The van der Waals surface area contributed by atoms with Crippen LogP contribution in [0.5, 0.6) is 0 Å². The van der Waals surface area contributed by atoms with E-state index in [4.69, 9.17) is 0 Å². The first-order valence-electron chi connectivity index (χ1n) is 10.00. The number of amides is 2. The molecule has 0 saturated heterocycles. The third-order valence-corrected chi connectivity index (χ3v) is 6.52. The van der Waals surface area contributed by atoms with E-state index in [1.54, 1.807) is 24.9 Å². The molecule has 30 heavy (non-hydrogen) atoms. The number of benzene rings is 1. The highest BCUT2D eigenvalue weighted by Crippen LogP contribution is 2.37. The third kappa shape index (κ3) is 5.23. The van der Waals surface area contributed by atoms with Crippen molar-refractivity contribution in [1.82, 2.24) is 4.90 Å². The summed E-state index contributed by atoms with van der Waals surface area (Å²) in [5, 5.41) is 15.7. The number of likely N-dealkylation sites (N-methyl/N-ethyl adjacent to an activating group) is 1. The molecule has 3 rings (SSSR count). The van der Waals surface area contributed by atoms with Gasteiger partial charge in [0, 0.05) is 10.6 Å². The van der Waals surface area contributed by atoms with Gasteiger partial charge in [-0.15, -0.1) is 11.3 Å². The lowest BCUT2D eigenvalue weighted by Gasteiger charge is -2.23. The molecule has 0 saturated carbocycles. The fourth-order valence-electron chi connectivity index (χ4n) is 3.50. The van der Waals surface area contributed by atoms with Crippen LogP contribution in [0.3, 0.4) is 0 Å². The Kier molecular flexibility index (Phi) is 7.19. The predicted octanol–water partition coefficient (Wildman–Crippen LogP) is 3.93. The number of thiophene rings is 1. The number of nitrogens with zero attached hydrogens (tertiary/aromatic N) is 2. The summed E-state index contributed by atoms with van der Waals surface area (Å²) >= 11 is 1.49. The van der Waals surface area contributed by atoms with E-state index in [1.807, 2.05) is 0 Å². The van der Waals surface area contributed by atoms with Crippen LogP contribution in [-0.2, 0) is 22.4 Å². The number of hydrogen-bond donors (Lipinski definition) is 2. The molecule has 1 aliphatic rings. The van der Waals surface area contributed by atoms with Gasteiger partial charge < -0.3 is 10.6 Å². The second-order valence-corrected chi connectivity index (χ2v) is 8.62. The zero-order valence-corrected chi connectivity index (χ0v) is 17.9. The normalized spacial score (nSPS) is 14.4. The topological polar surface area (TPSA) is 85.2 Å². The minimum Gasteiger partial charge on any atom is -0.325 e. The molecule has 0 bridgehead atoms. The molecule has 1 atom stereocenters. The Morgan fingerprint density at radius 3 is 2.77 bits per heavy atom. The monoisotopic (exact) mass is 428 g/mol. The molecule has 1 aromatic heterocycles. The fraction of sp³-hybridized carbons (Fsp3) is 0.409. The van der Waals surface area contributed by atoms with Crippen LogP contribution >= 0.6 is 11.3 Å². The molecular formula is C22H25FN4O2S. The van der Waals surface area contributed by atoms with Crippen LogP contribution in [0.25, 0.3) is 0 Å². The van der Waals surface area contributed by atoms with Gasteiger partial charge in [0.15, 0.2) is 0 Å². The Labute approximate surface area is 179 Å². The van der Waals surface area contributed by atoms with Gasteiger partial charge in [-0.3, -0.25) is 14.5 Å². The molecule has 1 aliphatic carbocycles. The van der Waals surface area contributed by atoms with Crippen molar-refractivity contribution < 1.29 is 14.0 Å². The Morgan fingerprint density at radius 1 is 1.27 bits per heavy atom. The molecule has 6 nitrogen and oxygen atoms in total. The van der Waals surface area contributed by atoms with Crippen molar-refractivity contribution in [3.63, 3.8) is 0 Å². The van der Waals surface area contributed by atoms with Gasteiger partial charge in [0.05, 0.1) is 18.2 Å². The number of aryl methyl sites for hydroxylation is 1. The number of carbonyl (C=O) groups excluding carboxylic acids is 2. The average molecular weight is 429 g/mol. The molecule has 8 heteroatoms. The van der Waals surface area contributed by atoms with E-state index in [0.717, 1.165) is 37.7 Å². The SMILES string of the molecule is C[C@H](C(=O)Nc1sc2c(c1C#N)CCCCC2)N(C)CC(=O)Nc1cccc(F)c1. The number of rotatable bonds is 6. The van der Waals surface area contributed by atoms with E-state index >= 15 is 0 Å². The summed E-state index contributed by atoms with van der Waals surface area (Å²) in [6.45, 7) is 1.67. The first kappa shape index (κ1) is 21.9. The number of fused-ring (bicyclic) bond motifs is 1. The van der Waals surface area contributed by atoms with Crippen molar-refractivity contribution in [3.05, 3.63) is 46.1 Å². The number of hydrogen-bond acceptors (Lipinski definition) is 5. The number of anilines is 2. The van der Waals surface area contributed by atoms with E-state index in [1.165, 1.54) is 34.4 Å². The molecule has 0 aliphatic heterocycles. The van der Waals surface area contributed by atoms with Gasteiger partial charge >= 0.3 is 0 Å². The maximum Gasteiger partial charge on any atom is 0.242 e. The molecule has 1 aromatic carbocycles. The summed E-state index contributed by atoms with van der Waals surface area (Å²) in [5.74, 6) is -1.05. The molecule has 0 radical (unpaired) electrons. The summed E-state index contributed by atoms with van der Waals surface area (Å²) in [6, 6.07) is 7.32. The molecule has 2 N–H and O–H groups in total. The van der Waals surface area contributed by atoms with Crippen LogP contribution in [0.2, 0.25) is 0 Å². The number of nitrogens with one attached hydrogen (secondary N) is 2. The highest BCUT2D eigenvalue weighted by molar-refractivity contribution is 7.16. The second kappa shape index (κ2) is 9.83. The van der Waals surface area contributed by atoms with Crippen molar-refractivity contribution in [1.29, 1.82) is 5.26 Å². The van der Waals surface area contributed by atoms with Gasteiger partial charge in [-0.05, 0) is 63.4 Å². The number of carbonyl (C=O) groups is 2. The van der Waals surface area contributed by atoms with E-state index in [0.29, 0.717) is 16.3 Å². The minimum atomic E-state index is -0.586. The smallest absolute Gasteiger partial charge is 0.242 e. The lowest BCUT2D eigenvalue weighted by Crippen LogP contribution is -2.43. The third-order valence-electron chi connectivity index (χ3n) is 5.31. The zero-order valence-electron chi connectivity index (χ0n) is 17.1. The first-order valence-corrected chi connectivity index (χ1v) is 10.8. The van der Waals surface area contributed by atoms with Crippen LogP contribution in [-0.4, -0.2) is 36.3 Å². The lowest BCUT2D eigenvalue weighted by molar-refractivity contribution is -0.122. The summed E-state index contributed by atoms with van der Waals surface area (Å²) < 4.78 is 13.3. The highest BCUT2D eigenvalue weighted by atomic mass is 32.1. The Morgan fingerprint density at radius 2 is 2.03 bits per heavy atom. The van der Waals surface area contributed by atoms with Crippen molar-refractivity contribution in [2.45, 2.75) is 45.1 Å². The Bertz CT molecular complexity index is 982. The van der Waals surface area contributed by atoms with E-state index in [2.05, 4.69) is 16.7 Å². The quantitative estimate of drug-likeness (QED) is 0.683. The molecule has 2 amide bonds. The van der Waals surface area contributed by atoms with E-state index in [-0.39, 0.29) is 18.4 Å². The van der Waals surface area contributed by atoms with Crippen molar-refractivity contribution in [2.24, 2.45) is 0 Å². The maximum atomic E-state index is 13.3. The van der Waals surface area contributed by atoms with E-state index < -0.39 is 11.9 Å². The number of nitriles is 1. The van der Waals surface area contributed by atoms with Gasteiger partial charge in [0.2, 0.25) is 11.8 Å². The van der Waals surface area contributed by atoms with Crippen LogP contribution in [0, 0.1) is 17.1 Å². The van der Waals surface area contributed by atoms with Crippen molar-refractivity contribution in [2.75, 3.05) is 24.2 Å². The fourth-order valence-corrected chi connectivity index (χ4v) is 4.74. The zero-order chi connectivity index (χ0) is 21.7. The van der Waals surface area contributed by atoms with Crippen LogP contribution < -0.4 is 10.6 Å². The number of halogens is 1. The van der Waals surface area contributed by atoms with Crippen LogP contribution in [0.4, 0.5) is 15.1 Å². The standard InChI is InChI=1S/C22H25FN4O2S/c1-14(27(2)13-20(28)25-16-8-6-7-15(23)11-16)21(29)26-22-18(12-24)17-9-4-3-5-10-19(17)30-22/h6-8,11,14H,3-5,9-10,13H2,1-2H3,(H,25,28)(H,26,29)/t14-/m1/s1. The summed E-state index contributed by atoms with van der Waals surface area (Å²) in [5.41, 5.74) is 2.01. The van der Waals surface area contributed by atoms with Crippen molar-refractivity contribution in [3.8, 4) is 6.07 Å². The van der Waals surface area contributed by atoms with E-state index in [9.17, 15) is 19.2 Å². The minimum absolute atomic E-state index is 0.0306.